The summed E-state index contributed by atoms with van der Waals surface area (Å²) in [5.41, 5.74) is 0.694. The van der Waals surface area contributed by atoms with E-state index in [0.717, 1.165) is 18.6 Å². The SMILES string of the molecule is CC1CC2(CCO1)CC2CNC1CC1. The molecule has 3 atom stereocenters. The Hall–Kier alpha value is -0.0800. The zero-order chi connectivity index (χ0) is 9.60. The second-order valence-corrected chi connectivity index (χ2v) is 5.58. The molecule has 14 heavy (non-hydrogen) atoms. The highest BCUT2D eigenvalue weighted by Crippen LogP contribution is 2.59. The van der Waals surface area contributed by atoms with Crippen molar-refractivity contribution in [3.8, 4) is 0 Å². The normalized spacial score (nSPS) is 46.9. The van der Waals surface area contributed by atoms with Crippen LogP contribution in [0.3, 0.4) is 0 Å². The van der Waals surface area contributed by atoms with E-state index in [2.05, 4.69) is 12.2 Å². The quantitative estimate of drug-likeness (QED) is 0.743. The molecule has 1 heterocycles. The van der Waals surface area contributed by atoms with Crippen molar-refractivity contribution in [2.45, 2.75) is 51.2 Å². The summed E-state index contributed by atoms with van der Waals surface area (Å²) in [6, 6.07) is 0.880. The van der Waals surface area contributed by atoms with Crippen molar-refractivity contribution in [1.82, 2.24) is 5.32 Å². The van der Waals surface area contributed by atoms with Gasteiger partial charge in [-0.2, -0.15) is 0 Å². The lowest BCUT2D eigenvalue weighted by atomic mass is 9.90. The largest absolute Gasteiger partial charge is 0.378 e. The van der Waals surface area contributed by atoms with E-state index < -0.39 is 0 Å². The first-order valence-electron chi connectivity index (χ1n) is 6.13. The standard InChI is InChI=1S/C12H21NO/c1-9-6-12(4-5-14-9)7-10(12)8-13-11-2-3-11/h9-11,13H,2-8H2,1H3. The first-order chi connectivity index (χ1) is 6.78. The Kier molecular flexibility index (Phi) is 2.10. The summed E-state index contributed by atoms with van der Waals surface area (Å²) in [6.07, 6.45) is 7.42. The smallest absolute Gasteiger partial charge is 0.0552 e. The third-order valence-electron chi connectivity index (χ3n) is 4.29. The van der Waals surface area contributed by atoms with Crippen molar-refractivity contribution in [3.63, 3.8) is 0 Å². The summed E-state index contributed by atoms with van der Waals surface area (Å²) in [7, 11) is 0. The average molecular weight is 195 g/mol. The third-order valence-corrected chi connectivity index (χ3v) is 4.29. The van der Waals surface area contributed by atoms with Gasteiger partial charge >= 0.3 is 0 Å². The Morgan fingerprint density at radius 3 is 2.93 bits per heavy atom. The molecular weight excluding hydrogens is 174 g/mol. The van der Waals surface area contributed by atoms with E-state index in [0.29, 0.717) is 11.5 Å². The molecule has 80 valence electrons. The van der Waals surface area contributed by atoms with Crippen LogP contribution in [-0.2, 0) is 4.74 Å². The summed E-state index contributed by atoms with van der Waals surface area (Å²) < 4.78 is 5.62. The lowest BCUT2D eigenvalue weighted by Crippen LogP contribution is -2.28. The Balaban J connectivity index is 1.48. The zero-order valence-electron chi connectivity index (χ0n) is 9.09. The second kappa shape index (κ2) is 3.21. The highest BCUT2D eigenvalue weighted by Gasteiger charge is 2.55. The molecule has 2 heteroatoms. The third kappa shape index (κ3) is 1.70. The van der Waals surface area contributed by atoms with Crippen molar-refractivity contribution >= 4 is 0 Å². The summed E-state index contributed by atoms with van der Waals surface area (Å²) in [5.74, 6) is 0.967. The molecule has 1 saturated heterocycles. The Labute approximate surface area is 86.4 Å². The molecule has 0 radical (unpaired) electrons. The van der Waals surface area contributed by atoms with Gasteiger partial charge in [-0.15, -0.1) is 0 Å². The Morgan fingerprint density at radius 1 is 1.36 bits per heavy atom. The average Bonchev–Trinajstić information content (AvgIpc) is 3.00. The van der Waals surface area contributed by atoms with Crippen molar-refractivity contribution in [3.05, 3.63) is 0 Å². The van der Waals surface area contributed by atoms with Crippen LogP contribution in [-0.4, -0.2) is 25.3 Å². The molecule has 1 aliphatic heterocycles. The molecule has 0 aromatic carbocycles. The highest BCUT2D eigenvalue weighted by molar-refractivity contribution is 5.05. The number of hydrogen-bond donors (Lipinski definition) is 1. The fourth-order valence-corrected chi connectivity index (χ4v) is 3.07. The zero-order valence-corrected chi connectivity index (χ0v) is 9.09. The molecular formula is C12H21NO. The van der Waals surface area contributed by atoms with E-state index in [-0.39, 0.29) is 0 Å². The van der Waals surface area contributed by atoms with Crippen LogP contribution in [0.25, 0.3) is 0 Å². The molecule has 0 bridgehead atoms. The number of hydrogen-bond acceptors (Lipinski definition) is 2. The Bertz CT molecular complexity index is 226. The predicted molar refractivity (Wildman–Crippen MR) is 56.2 cm³/mol. The number of nitrogens with one attached hydrogen (secondary N) is 1. The van der Waals surface area contributed by atoms with Gasteiger partial charge in [0.15, 0.2) is 0 Å². The van der Waals surface area contributed by atoms with Gasteiger partial charge in [0, 0.05) is 12.6 Å². The van der Waals surface area contributed by atoms with Crippen LogP contribution in [0.4, 0.5) is 0 Å². The monoisotopic (exact) mass is 195 g/mol. The molecule has 1 N–H and O–H groups in total. The van der Waals surface area contributed by atoms with E-state index in [9.17, 15) is 0 Å². The van der Waals surface area contributed by atoms with E-state index in [1.165, 1.54) is 38.6 Å². The second-order valence-electron chi connectivity index (χ2n) is 5.58. The van der Waals surface area contributed by atoms with Crippen molar-refractivity contribution in [2.24, 2.45) is 11.3 Å². The van der Waals surface area contributed by atoms with E-state index in [1.54, 1.807) is 0 Å². The van der Waals surface area contributed by atoms with Crippen molar-refractivity contribution in [2.75, 3.05) is 13.2 Å². The molecule has 3 unspecified atom stereocenters. The lowest BCUT2D eigenvalue weighted by Gasteiger charge is -2.28. The van der Waals surface area contributed by atoms with Crippen LogP contribution in [0.15, 0.2) is 0 Å². The molecule has 3 fully saturated rings. The van der Waals surface area contributed by atoms with Gasteiger partial charge in [0.1, 0.15) is 0 Å². The molecule has 0 aromatic rings. The van der Waals surface area contributed by atoms with Gasteiger partial charge in [0.05, 0.1) is 6.10 Å². The predicted octanol–water partition coefficient (Wildman–Crippen LogP) is 1.94. The van der Waals surface area contributed by atoms with Crippen molar-refractivity contribution < 1.29 is 4.74 Å². The topological polar surface area (TPSA) is 21.3 Å². The van der Waals surface area contributed by atoms with Gasteiger partial charge in [0.2, 0.25) is 0 Å². The molecule has 2 saturated carbocycles. The van der Waals surface area contributed by atoms with Crippen LogP contribution in [0, 0.1) is 11.3 Å². The summed E-state index contributed by atoms with van der Waals surface area (Å²) in [6.45, 7) is 4.50. The maximum Gasteiger partial charge on any atom is 0.0552 e. The van der Waals surface area contributed by atoms with Crippen LogP contribution in [0.1, 0.15) is 39.0 Å². The van der Waals surface area contributed by atoms with E-state index >= 15 is 0 Å². The first-order valence-corrected chi connectivity index (χ1v) is 6.13. The minimum absolute atomic E-state index is 0.509. The summed E-state index contributed by atoms with van der Waals surface area (Å²) >= 11 is 0. The first kappa shape index (κ1) is 9.17. The fourth-order valence-electron chi connectivity index (χ4n) is 3.07. The van der Waals surface area contributed by atoms with Gasteiger partial charge in [-0.1, -0.05) is 0 Å². The minimum atomic E-state index is 0.509. The van der Waals surface area contributed by atoms with Crippen LogP contribution in [0.5, 0.6) is 0 Å². The molecule has 0 amide bonds. The molecule has 2 nitrogen and oxygen atoms in total. The highest BCUT2D eigenvalue weighted by atomic mass is 16.5. The summed E-state index contributed by atoms with van der Waals surface area (Å²) in [4.78, 5) is 0. The Morgan fingerprint density at radius 2 is 2.21 bits per heavy atom. The molecule has 2 aliphatic carbocycles. The van der Waals surface area contributed by atoms with Gasteiger partial charge in [-0.25, -0.2) is 0 Å². The molecule has 3 rings (SSSR count). The van der Waals surface area contributed by atoms with Crippen LogP contribution < -0.4 is 5.32 Å². The molecule has 3 aliphatic rings. The van der Waals surface area contributed by atoms with E-state index in [1.807, 2.05) is 0 Å². The van der Waals surface area contributed by atoms with Gasteiger partial charge in [-0.3, -0.25) is 0 Å². The number of rotatable bonds is 3. The maximum absolute atomic E-state index is 5.62. The summed E-state index contributed by atoms with van der Waals surface area (Å²) in [5, 5.41) is 3.66. The van der Waals surface area contributed by atoms with Crippen LogP contribution >= 0.6 is 0 Å². The minimum Gasteiger partial charge on any atom is -0.378 e. The fraction of sp³-hybridized carbons (Fsp3) is 1.00. The van der Waals surface area contributed by atoms with Gasteiger partial charge in [0.25, 0.3) is 0 Å². The molecule has 1 spiro atoms. The molecule has 0 aromatic heterocycles. The maximum atomic E-state index is 5.62. The van der Waals surface area contributed by atoms with E-state index in [4.69, 9.17) is 4.74 Å². The van der Waals surface area contributed by atoms with Crippen LogP contribution in [0.2, 0.25) is 0 Å². The lowest BCUT2D eigenvalue weighted by molar-refractivity contribution is -0.00941. The van der Waals surface area contributed by atoms with Crippen molar-refractivity contribution in [1.29, 1.82) is 0 Å². The number of ether oxygens (including phenoxy) is 1. The van der Waals surface area contributed by atoms with Gasteiger partial charge in [-0.05, 0) is 56.9 Å². The van der Waals surface area contributed by atoms with Gasteiger partial charge < -0.3 is 10.1 Å².